The van der Waals surface area contributed by atoms with Crippen LogP contribution in [-0.4, -0.2) is 13.2 Å². The van der Waals surface area contributed by atoms with Crippen LogP contribution in [0.5, 0.6) is 0 Å². The van der Waals surface area contributed by atoms with Crippen LogP contribution in [0.1, 0.15) is 39.5 Å². The predicted octanol–water partition coefficient (Wildman–Crippen LogP) is 2.42. The number of hydrogen-bond donors (Lipinski definition) is 0. The van der Waals surface area contributed by atoms with Gasteiger partial charge in [-0.05, 0) is 39.5 Å². The molecule has 0 unspecified atom stereocenters. The number of halogens is 1. The lowest BCUT2D eigenvalue weighted by molar-refractivity contribution is 0.423. The number of nitriles is 1. The van der Waals surface area contributed by atoms with E-state index in [2.05, 4.69) is 6.07 Å². The summed E-state index contributed by atoms with van der Waals surface area (Å²) in [6, 6.07) is 2.16. The second kappa shape index (κ2) is 3.39. The summed E-state index contributed by atoms with van der Waals surface area (Å²) in [6.07, 6.45) is 2.36. The third kappa shape index (κ3) is 2.40. The molecule has 5 heteroatoms. The smallest absolute Gasteiger partial charge is 0.212 e. The van der Waals surface area contributed by atoms with E-state index in [1.54, 1.807) is 0 Å². The van der Waals surface area contributed by atoms with E-state index in [0.717, 1.165) is 0 Å². The molecule has 1 saturated carbocycles. The molecule has 0 amide bonds. The van der Waals surface area contributed by atoms with Gasteiger partial charge < -0.3 is 0 Å². The Labute approximate surface area is 89.5 Å². The molecule has 14 heavy (non-hydrogen) atoms. The van der Waals surface area contributed by atoms with E-state index in [-0.39, 0.29) is 0 Å². The van der Waals surface area contributed by atoms with Crippen LogP contribution in [0.25, 0.3) is 0 Å². The van der Waals surface area contributed by atoms with Gasteiger partial charge in [0, 0.05) is 10.7 Å². The first-order valence-corrected chi connectivity index (χ1v) is 6.89. The van der Waals surface area contributed by atoms with Gasteiger partial charge in [0.1, 0.15) is 0 Å². The lowest BCUT2D eigenvalue weighted by atomic mass is 9.88. The van der Waals surface area contributed by atoms with Gasteiger partial charge in [0.05, 0.1) is 16.2 Å². The van der Waals surface area contributed by atoms with Crippen LogP contribution in [0.4, 0.5) is 0 Å². The van der Waals surface area contributed by atoms with Gasteiger partial charge >= 0.3 is 0 Å². The molecule has 0 aromatic heterocycles. The minimum atomic E-state index is -3.46. The Hall–Kier alpha value is -0.270. The van der Waals surface area contributed by atoms with E-state index in [9.17, 15) is 8.42 Å². The lowest BCUT2D eigenvalue weighted by Crippen LogP contribution is -2.21. The lowest BCUT2D eigenvalue weighted by Gasteiger charge is -2.18. The highest BCUT2D eigenvalue weighted by Gasteiger charge is 2.53. The van der Waals surface area contributed by atoms with Crippen LogP contribution in [-0.2, 0) is 9.05 Å². The number of nitrogens with zero attached hydrogens (tertiary/aromatic N) is 1. The van der Waals surface area contributed by atoms with Crippen LogP contribution in [0, 0.1) is 16.7 Å². The molecule has 3 nitrogen and oxygen atoms in total. The summed E-state index contributed by atoms with van der Waals surface area (Å²) in [6.45, 7) is 3.62. The minimum absolute atomic E-state index is 0.461. The Bertz CT molecular complexity index is 363. The Morgan fingerprint density at radius 3 is 2.29 bits per heavy atom. The summed E-state index contributed by atoms with van der Waals surface area (Å²) in [5, 5.41) is 8.78. The van der Waals surface area contributed by atoms with Crippen LogP contribution in [0.2, 0.25) is 0 Å². The fourth-order valence-electron chi connectivity index (χ4n) is 1.35. The van der Waals surface area contributed by atoms with Crippen LogP contribution < -0.4 is 0 Å². The maximum absolute atomic E-state index is 11.2. The van der Waals surface area contributed by atoms with Gasteiger partial charge in [-0.3, -0.25) is 0 Å². The summed E-state index contributed by atoms with van der Waals surface area (Å²) in [5.74, 6) is 0. The van der Waals surface area contributed by atoms with Crippen molar-refractivity contribution < 1.29 is 8.42 Å². The highest BCUT2D eigenvalue weighted by molar-refractivity contribution is 8.15. The number of hydrogen-bond acceptors (Lipinski definition) is 3. The molecule has 0 saturated heterocycles. The van der Waals surface area contributed by atoms with Gasteiger partial charge in [-0.25, -0.2) is 8.42 Å². The summed E-state index contributed by atoms with van der Waals surface area (Å²) >= 11 is 0. The molecule has 80 valence electrons. The molecule has 0 aliphatic heterocycles. The largest absolute Gasteiger partial charge is 0.238 e. The summed E-state index contributed by atoms with van der Waals surface area (Å²) in [5.41, 5.74) is -0.461. The predicted molar refractivity (Wildman–Crippen MR) is 55.4 cm³/mol. The van der Waals surface area contributed by atoms with Gasteiger partial charge in [-0.1, -0.05) is 0 Å². The summed E-state index contributed by atoms with van der Waals surface area (Å²) in [4.78, 5) is 0. The summed E-state index contributed by atoms with van der Waals surface area (Å²) < 4.78 is 21.7. The van der Waals surface area contributed by atoms with Crippen molar-refractivity contribution in [3.05, 3.63) is 0 Å². The molecule has 0 radical (unpaired) electrons. The molecule has 0 aromatic carbocycles. The van der Waals surface area contributed by atoms with Crippen molar-refractivity contribution >= 4 is 19.7 Å². The quantitative estimate of drug-likeness (QED) is 0.704. The zero-order chi connectivity index (χ0) is 11.0. The minimum Gasteiger partial charge on any atom is -0.212 e. The first kappa shape index (κ1) is 11.8. The third-order valence-corrected chi connectivity index (χ3v) is 5.46. The Balaban J connectivity index is 2.61. The molecular formula is C9H14ClNO2S. The Morgan fingerprint density at radius 2 is 2.00 bits per heavy atom. The van der Waals surface area contributed by atoms with Crippen molar-refractivity contribution in [1.29, 1.82) is 5.26 Å². The van der Waals surface area contributed by atoms with Gasteiger partial charge in [-0.2, -0.15) is 5.26 Å². The molecule has 1 aliphatic rings. The van der Waals surface area contributed by atoms with Crippen molar-refractivity contribution in [2.24, 2.45) is 5.41 Å². The standard InChI is InChI=1S/C9H14ClNO2S/c1-8(2,7-11)3-4-9(5-6-9)14(10,12)13/h3-6H2,1-2H3. The van der Waals surface area contributed by atoms with Crippen molar-refractivity contribution in [2.45, 2.75) is 44.3 Å². The Kier molecular flexibility index (Phi) is 2.86. The average molecular weight is 236 g/mol. The van der Waals surface area contributed by atoms with E-state index in [4.69, 9.17) is 15.9 Å². The van der Waals surface area contributed by atoms with Gasteiger partial charge in [0.15, 0.2) is 0 Å². The molecular weight excluding hydrogens is 222 g/mol. The monoisotopic (exact) mass is 235 g/mol. The van der Waals surface area contributed by atoms with Crippen LogP contribution in [0.15, 0.2) is 0 Å². The normalized spacial score (nSPS) is 20.1. The summed E-state index contributed by atoms with van der Waals surface area (Å²) in [7, 11) is 1.89. The molecule has 0 bridgehead atoms. The molecule has 0 spiro atoms. The average Bonchev–Trinajstić information content (AvgIpc) is 2.80. The van der Waals surface area contributed by atoms with E-state index in [0.29, 0.717) is 25.7 Å². The first-order chi connectivity index (χ1) is 6.22. The molecule has 1 fully saturated rings. The van der Waals surface area contributed by atoms with E-state index < -0.39 is 19.2 Å². The van der Waals surface area contributed by atoms with Crippen LogP contribution >= 0.6 is 10.7 Å². The van der Waals surface area contributed by atoms with E-state index >= 15 is 0 Å². The molecule has 0 heterocycles. The highest BCUT2D eigenvalue weighted by Crippen LogP contribution is 2.50. The molecule has 0 atom stereocenters. The van der Waals surface area contributed by atoms with E-state index in [1.807, 2.05) is 13.8 Å². The molecule has 0 aromatic rings. The topological polar surface area (TPSA) is 57.9 Å². The Morgan fingerprint density at radius 1 is 1.50 bits per heavy atom. The van der Waals surface area contributed by atoms with Crippen molar-refractivity contribution in [1.82, 2.24) is 0 Å². The molecule has 1 aliphatic carbocycles. The number of rotatable bonds is 4. The van der Waals surface area contributed by atoms with Gasteiger partial charge in [0.25, 0.3) is 0 Å². The van der Waals surface area contributed by atoms with Crippen LogP contribution in [0.3, 0.4) is 0 Å². The van der Waals surface area contributed by atoms with Gasteiger partial charge in [0.2, 0.25) is 9.05 Å². The highest BCUT2D eigenvalue weighted by atomic mass is 35.7. The van der Waals surface area contributed by atoms with Crippen molar-refractivity contribution in [3.8, 4) is 6.07 Å². The van der Waals surface area contributed by atoms with E-state index in [1.165, 1.54) is 0 Å². The zero-order valence-corrected chi connectivity index (χ0v) is 9.95. The third-order valence-electron chi connectivity index (χ3n) is 2.83. The maximum Gasteiger partial charge on any atom is 0.238 e. The molecule has 1 rings (SSSR count). The first-order valence-electron chi connectivity index (χ1n) is 4.58. The van der Waals surface area contributed by atoms with Crippen molar-refractivity contribution in [3.63, 3.8) is 0 Å². The second-order valence-electron chi connectivity index (χ2n) is 4.62. The fourth-order valence-corrected chi connectivity index (χ4v) is 2.98. The SMILES string of the molecule is CC(C)(C#N)CCC1(S(=O)(=O)Cl)CC1. The molecule has 0 N–H and O–H groups in total. The fraction of sp³-hybridized carbons (Fsp3) is 0.889. The van der Waals surface area contributed by atoms with Gasteiger partial charge in [-0.15, -0.1) is 0 Å². The maximum atomic E-state index is 11.2. The zero-order valence-electron chi connectivity index (χ0n) is 8.38. The second-order valence-corrected chi connectivity index (χ2v) is 7.58. The van der Waals surface area contributed by atoms with Crippen molar-refractivity contribution in [2.75, 3.05) is 0 Å².